The second-order valence-corrected chi connectivity index (χ2v) is 9.80. The number of piperidine rings is 1. The maximum absolute atomic E-state index is 12.2. The molecule has 2 aromatic heterocycles. The second kappa shape index (κ2) is 12.4. The van der Waals surface area contributed by atoms with Crippen molar-refractivity contribution in [3.05, 3.63) is 84.8 Å². The van der Waals surface area contributed by atoms with Gasteiger partial charge in [-0.25, -0.2) is 4.98 Å². The van der Waals surface area contributed by atoms with Gasteiger partial charge in [0, 0.05) is 31.5 Å². The second-order valence-electron chi connectivity index (χ2n) is 9.80. The predicted octanol–water partition coefficient (Wildman–Crippen LogP) is 4.72. The Morgan fingerprint density at radius 2 is 1.95 bits per heavy atom. The number of anilines is 4. The number of hydrogen-bond acceptors (Lipinski definition) is 9. The summed E-state index contributed by atoms with van der Waals surface area (Å²) in [5.41, 5.74) is 7.78. The van der Waals surface area contributed by atoms with E-state index in [1.54, 1.807) is 24.3 Å². The fraction of sp³-hybridized carbons (Fsp3) is 0.233. The lowest BCUT2D eigenvalue weighted by Gasteiger charge is -2.32. The highest BCUT2D eigenvalue weighted by Crippen LogP contribution is 2.37. The summed E-state index contributed by atoms with van der Waals surface area (Å²) in [6.45, 7) is 6.73. The first kappa shape index (κ1) is 28.1. The van der Waals surface area contributed by atoms with Crippen LogP contribution in [-0.4, -0.2) is 56.7 Å². The number of hydrogen-bond donors (Lipinski definition) is 3. The molecule has 0 saturated carbocycles. The monoisotopic (exact) mass is 568 g/mol. The van der Waals surface area contributed by atoms with Gasteiger partial charge in [-0.1, -0.05) is 24.8 Å². The SMILES string of the molecule is C=CC(=O)N1CCC[C@@H](n2cc(Nc3ncc(C(N)=O)c(Nc4c(C)cc(Oc5ccccc5)cc4OC)n3)cn2)C1. The summed E-state index contributed by atoms with van der Waals surface area (Å²) in [7, 11) is 1.55. The van der Waals surface area contributed by atoms with E-state index < -0.39 is 5.91 Å². The lowest BCUT2D eigenvalue weighted by atomic mass is 10.1. The highest BCUT2D eigenvalue weighted by atomic mass is 16.5. The van der Waals surface area contributed by atoms with Crippen molar-refractivity contribution >= 4 is 35.0 Å². The van der Waals surface area contributed by atoms with E-state index in [1.807, 2.05) is 54.2 Å². The minimum absolute atomic E-state index is 0.0397. The topological polar surface area (TPSA) is 150 Å². The molecule has 5 rings (SSSR count). The summed E-state index contributed by atoms with van der Waals surface area (Å²) < 4.78 is 13.4. The third-order valence-electron chi connectivity index (χ3n) is 6.88. The molecule has 3 heterocycles. The van der Waals surface area contributed by atoms with Crippen molar-refractivity contribution in [3.63, 3.8) is 0 Å². The van der Waals surface area contributed by atoms with Crippen LogP contribution in [0.25, 0.3) is 0 Å². The molecule has 12 nitrogen and oxygen atoms in total. The Bertz CT molecular complexity index is 1600. The number of aryl methyl sites for hydroxylation is 1. The molecule has 0 spiro atoms. The van der Waals surface area contributed by atoms with Crippen LogP contribution < -0.4 is 25.8 Å². The molecule has 2 amide bonds. The average molecular weight is 569 g/mol. The molecule has 1 aliphatic heterocycles. The van der Waals surface area contributed by atoms with Crippen LogP contribution in [0.3, 0.4) is 0 Å². The number of aromatic nitrogens is 4. The molecule has 0 bridgehead atoms. The van der Waals surface area contributed by atoms with Gasteiger partial charge >= 0.3 is 0 Å². The van der Waals surface area contributed by atoms with Gasteiger partial charge in [-0.2, -0.15) is 10.1 Å². The molecule has 1 fully saturated rings. The van der Waals surface area contributed by atoms with Crippen molar-refractivity contribution in [2.75, 3.05) is 30.8 Å². The van der Waals surface area contributed by atoms with E-state index in [-0.39, 0.29) is 29.3 Å². The van der Waals surface area contributed by atoms with Crippen LogP contribution in [-0.2, 0) is 4.79 Å². The number of nitrogens with one attached hydrogen (secondary N) is 2. The number of rotatable bonds is 10. The maximum atomic E-state index is 12.2. The van der Waals surface area contributed by atoms with Crippen LogP contribution >= 0.6 is 0 Å². The van der Waals surface area contributed by atoms with Gasteiger partial charge in [0.05, 0.1) is 30.7 Å². The number of carbonyl (C=O) groups is 2. The zero-order chi connectivity index (χ0) is 29.6. The van der Waals surface area contributed by atoms with Crippen LogP contribution in [0.2, 0.25) is 0 Å². The van der Waals surface area contributed by atoms with Crippen LogP contribution in [0, 0.1) is 6.92 Å². The Morgan fingerprint density at radius 3 is 2.69 bits per heavy atom. The third-order valence-corrected chi connectivity index (χ3v) is 6.88. The Kier molecular flexibility index (Phi) is 8.32. The van der Waals surface area contributed by atoms with Gasteiger partial charge in [0.1, 0.15) is 28.6 Å². The first-order chi connectivity index (χ1) is 20.3. The van der Waals surface area contributed by atoms with Crippen LogP contribution in [0.4, 0.5) is 23.1 Å². The molecule has 216 valence electrons. The van der Waals surface area contributed by atoms with Crippen LogP contribution in [0.15, 0.2) is 73.7 Å². The maximum Gasteiger partial charge on any atom is 0.254 e. The largest absolute Gasteiger partial charge is 0.494 e. The molecule has 0 unspecified atom stereocenters. The molecule has 4 aromatic rings. The molecule has 1 aliphatic rings. The number of carbonyl (C=O) groups excluding carboxylic acids is 2. The van der Waals surface area contributed by atoms with Gasteiger partial charge in [-0.15, -0.1) is 0 Å². The van der Waals surface area contributed by atoms with Crippen LogP contribution in [0.5, 0.6) is 17.2 Å². The Hall–Kier alpha value is -5.39. The zero-order valence-corrected chi connectivity index (χ0v) is 23.4. The van der Waals surface area contributed by atoms with E-state index in [0.29, 0.717) is 41.7 Å². The number of amides is 2. The van der Waals surface area contributed by atoms with E-state index in [1.165, 1.54) is 12.3 Å². The summed E-state index contributed by atoms with van der Waals surface area (Å²) in [6, 6.07) is 13.1. The minimum atomic E-state index is -0.687. The summed E-state index contributed by atoms with van der Waals surface area (Å²) >= 11 is 0. The number of ether oxygens (including phenoxy) is 2. The van der Waals surface area contributed by atoms with Crippen molar-refractivity contribution in [2.45, 2.75) is 25.8 Å². The number of likely N-dealkylation sites (tertiary alicyclic amines) is 1. The lowest BCUT2D eigenvalue weighted by molar-refractivity contribution is -0.127. The molecule has 42 heavy (non-hydrogen) atoms. The molecule has 0 aliphatic carbocycles. The standard InChI is InChI=1S/C30H32N8O4/c1-4-26(39)37-12-8-9-21(18-37)38-17-20(15-33-38)34-30-32-16-24(28(31)40)29(36-30)35-27-19(2)13-23(14-25(27)41-3)42-22-10-6-5-7-11-22/h4-7,10-11,13-17,21H,1,8-9,12,18H2,2-3H3,(H2,31,40)(H2,32,34,35,36)/t21-/m1/s1. The van der Waals surface area contributed by atoms with Gasteiger partial charge in [-0.05, 0) is 49.6 Å². The lowest BCUT2D eigenvalue weighted by Crippen LogP contribution is -2.39. The van der Waals surface area contributed by atoms with E-state index in [4.69, 9.17) is 15.2 Å². The molecule has 1 atom stereocenters. The number of nitrogens with zero attached hydrogens (tertiary/aromatic N) is 5. The molecular formula is C30H32N8O4. The molecule has 2 aromatic carbocycles. The fourth-order valence-electron chi connectivity index (χ4n) is 4.80. The number of nitrogens with two attached hydrogens (primary N) is 1. The van der Waals surface area contributed by atoms with E-state index in [0.717, 1.165) is 18.4 Å². The number of benzene rings is 2. The molecule has 4 N–H and O–H groups in total. The zero-order valence-electron chi connectivity index (χ0n) is 23.4. The van der Waals surface area contributed by atoms with Gasteiger partial charge in [-0.3, -0.25) is 14.3 Å². The molecule has 12 heteroatoms. The van der Waals surface area contributed by atoms with Gasteiger partial charge in [0.15, 0.2) is 0 Å². The quantitative estimate of drug-likeness (QED) is 0.231. The smallest absolute Gasteiger partial charge is 0.254 e. The minimum Gasteiger partial charge on any atom is -0.494 e. The van der Waals surface area contributed by atoms with Crippen molar-refractivity contribution in [3.8, 4) is 17.2 Å². The Balaban J connectivity index is 1.36. The van der Waals surface area contributed by atoms with Crippen molar-refractivity contribution in [1.82, 2.24) is 24.6 Å². The number of methoxy groups -OCH3 is 1. The first-order valence-corrected chi connectivity index (χ1v) is 13.4. The normalized spacial score (nSPS) is 14.6. The van der Waals surface area contributed by atoms with Crippen LogP contribution in [0.1, 0.15) is 34.8 Å². The average Bonchev–Trinajstić information content (AvgIpc) is 3.47. The van der Waals surface area contributed by atoms with Crippen molar-refractivity contribution in [2.24, 2.45) is 5.73 Å². The summed E-state index contributed by atoms with van der Waals surface area (Å²) in [4.78, 5) is 34.9. The number of primary amides is 1. The summed E-state index contributed by atoms with van der Waals surface area (Å²) in [5.74, 6) is 1.44. The highest BCUT2D eigenvalue weighted by molar-refractivity contribution is 5.98. The summed E-state index contributed by atoms with van der Waals surface area (Å²) in [6.07, 6.45) is 7.97. The number of para-hydroxylation sites is 1. The first-order valence-electron chi connectivity index (χ1n) is 13.4. The Morgan fingerprint density at radius 1 is 1.14 bits per heavy atom. The summed E-state index contributed by atoms with van der Waals surface area (Å²) in [5, 5.41) is 10.8. The highest BCUT2D eigenvalue weighted by Gasteiger charge is 2.24. The molecule has 0 radical (unpaired) electrons. The third kappa shape index (κ3) is 6.33. The van der Waals surface area contributed by atoms with E-state index >= 15 is 0 Å². The predicted molar refractivity (Wildman–Crippen MR) is 159 cm³/mol. The molecular weight excluding hydrogens is 536 g/mol. The van der Waals surface area contributed by atoms with Gasteiger partial charge < -0.3 is 30.7 Å². The van der Waals surface area contributed by atoms with E-state index in [2.05, 4.69) is 32.3 Å². The van der Waals surface area contributed by atoms with Crippen molar-refractivity contribution in [1.29, 1.82) is 0 Å². The molecule has 1 saturated heterocycles. The van der Waals surface area contributed by atoms with E-state index in [9.17, 15) is 9.59 Å². The van der Waals surface area contributed by atoms with Gasteiger partial charge in [0.25, 0.3) is 5.91 Å². The van der Waals surface area contributed by atoms with Crippen molar-refractivity contribution < 1.29 is 19.1 Å². The van der Waals surface area contributed by atoms with Gasteiger partial charge in [0.2, 0.25) is 11.9 Å². The Labute approximate surface area is 243 Å². The fourth-order valence-corrected chi connectivity index (χ4v) is 4.80.